The predicted octanol–water partition coefficient (Wildman–Crippen LogP) is 2.51. The lowest BCUT2D eigenvalue weighted by Crippen LogP contribution is -2.41. The van der Waals surface area contributed by atoms with Gasteiger partial charge in [0.05, 0.1) is 11.7 Å². The summed E-state index contributed by atoms with van der Waals surface area (Å²) in [6, 6.07) is 2.01. The van der Waals surface area contributed by atoms with E-state index in [4.69, 9.17) is 0 Å². The largest absolute Gasteiger partial charge is 0.393 e. The Morgan fingerprint density at radius 3 is 2.45 bits per heavy atom. The maximum atomic E-state index is 13.7. The number of piperidine rings is 1. The molecule has 1 amide bonds. The number of carbonyl (C=O) groups excluding carboxylic acids is 1. The standard InChI is InChI=1S/C15H19F2NO2/c1-9-7-12(14(17)8-13(9)16)15(20)18-5-3-11(4-6-18)10(2)19/h7-8,10-11,19H,3-6H2,1-2H3. The van der Waals surface area contributed by atoms with E-state index in [2.05, 4.69) is 0 Å². The van der Waals surface area contributed by atoms with Crippen molar-refractivity contribution in [2.24, 2.45) is 5.92 Å². The quantitative estimate of drug-likeness (QED) is 0.906. The van der Waals surface area contributed by atoms with E-state index in [0.29, 0.717) is 25.9 Å². The first-order chi connectivity index (χ1) is 9.40. The average Bonchev–Trinajstić information content (AvgIpc) is 2.42. The van der Waals surface area contributed by atoms with Crippen LogP contribution in [0, 0.1) is 24.5 Å². The monoisotopic (exact) mass is 283 g/mol. The number of amides is 1. The Hall–Kier alpha value is -1.49. The summed E-state index contributed by atoms with van der Waals surface area (Å²) < 4.78 is 26.9. The second-order valence-corrected chi connectivity index (χ2v) is 5.45. The molecule has 0 aromatic heterocycles. The summed E-state index contributed by atoms with van der Waals surface area (Å²) in [5, 5.41) is 9.52. The Balaban J connectivity index is 2.11. The molecule has 1 N–H and O–H groups in total. The van der Waals surface area contributed by atoms with Gasteiger partial charge in [0.25, 0.3) is 5.91 Å². The molecule has 1 aliphatic heterocycles. The Morgan fingerprint density at radius 2 is 1.90 bits per heavy atom. The molecule has 1 unspecified atom stereocenters. The molecule has 20 heavy (non-hydrogen) atoms. The van der Waals surface area contributed by atoms with Gasteiger partial charge in [0.2, 0.25) is 0 Å². The summed E-state index contributed by atoms with van der Waals surface area (Å²) in [4.78, 5) is 13.8. The third kappa shape index (κ3) is 2.98. The van der Waals surface area contributed by atoms with Crippen LogP contribution < -0.4 is 0 Å². The van der Waals surface area contributed by atoms with Crippen LogP contribution >= 0.6 is 0 Å². The molecule has 110 valence electrons. The van der Waals surface area contributed by atoms with Gasteiger partial charge < -0.3 is 10.0 Å². The van der Waals surface area contributed by atoms with Crippen molar-refractivity contribution in [3.8, 4) is 0 Å². The van der Waals surface area contributed by atoms with Gasteiger partial charge in [0, 0.05) is 19.2 Å². The topological polar surface area (TPSA) is 40.5 Å². The van der Waals surface area contributed by atoms with Gasteiger partial charge in [0.15, 0.2) is 0 Å². The SMILES string of the molecule is Cc1cc(C(=O)N2CCC(C(C)O)CC2)c(F)cc1F. The smallest absolute Gasteiger partial charge is 0.256 e. The summed E-state index contributed by atoms with van der Waals surface area (Å²) in [7, 11) is 0. The molecule has 0 aliphatic carbocycles. The molecule has 0 saturated carbocycles. The van der Waals surface area contributed by atoms with E-state index in [1.165, 1.54) is 13.0 Å². The van der Waals surface area contributed by atoms with Crippen LogP contribution in [0.5, 0.6) is 0 Å². The second kappa shape index (κ2) is 5.87. The minimum Gasteiger partial charge on any atom is -0.393 e. The summed E-state index contributed by atoms with van der Waals surface area (Å²) in [6.07, 6.45) is 1.01. The van der Waals surface area contributed by atoms with E-state index in [0.717, 1.165) is 6.07 Å². The van der Waals surface area contributed by atoms with E-state index in [1.807, 2.05) is 0 Å². The summed E-state index contributed by atoms with van der Waals surface area (Å²) in [6.45, 7) is 4.23. The highest BCUT2D eigenvalue weighted by Crippen LogP contribution is 2.23. The third-order valence-corrected chi connectivity index (χ3v) is 3.99. The minimum absolute atomic E-state index is 0.0839. The number of halogens is 2. The number of hydrogen-bond donors (Lipinski definition) is 1. The van der Waals surface area contributed by atoms with Gasteiger partial charge in [0.1, 0.15) is 11.6 Å². The fourth-order valence-electron chi connectivity index (χ4n) is 2.58. The van der Waals surface area contributed by atoms with Crippen LogP contribution in [0.15, 0.2) is 12.1 Å². The number of aliphatic hydroxyl groups excluding tert-OH is 1. The van der Waals surface area contributed by atoms with Crippen LogP contribution in [0.25, 0.3) is 0 Å². The van der Waals surface area contributed by atoms with Crippen molar-refractivity contribution in [3.63, 3.8) is 0 Å². The highest BCUT2D eigenvalue weighted by atomic mass is 19.1. The fraction of sp³-hybridized carbons (Fsp3) is 0.533. The first-order valence-electron chi connectivity index (χ1n) is 6.83. The molecule has 1 atom stereocenters. The molecule has 0 radical (unpaired) electrons. The Morgan fingerprint density at radius 1 is 1.30 bits per heavy atom. The number of carbonyl (C=O) groups is 1. The molecule has 1 heterocycles. The summed E-state index contributed by atoms with van der Waals surface area (Å²) in [5.74, 6) is -1.70. The van der Waals surface area contributed by atoms with Crippen molar-refractivity contribution in [3.05, 3.63) is 34.9 Å². The van der Waals surface area contributed by atoms with Crippen molar-refractivity contribution in [1.29, 1.82) is 0 Å². The Labute approximate surface area is 117 Å². The number of hydrogen-bond acceptors (Lipinski definition) is 2. The van der Waals surface area contributed by atoms with Crippen LogP contribution in [-0.4, -0.2) is 35.1 Å². The van der Waals surface area contributed by atoms with Gasteiger partial charge >= 0.3 is 0 Å². The molecule has 5 heteroatoms. The number of benzene rings is 1. The van der Waals surface area contributed by atoms with Crippen molar-refractivity contribution in [2.75, 3.05) is 13.1 Å². The van der Waals surface area contributed by atoms with Gasteiger partial charge in [-0.25, -0.2) is 8.78 Å². The zero-order valence-electron chi connectivity index (χ0n) is 11.7. The predicted molar refractivity (Wildman–Crippen MR) is 71.4 cm³/mol. The van der Waals surface area contributed by atoms with Crippen molar-refractivity contribution < 1.29 is 18.7 Å². The van der Waals surface area contributed by atoms with Crippen LogP contribution in [0.3, 0.4) is 0 Å². The molecule has 1 aromatic rings. The molecule has 1 aliphatic rings. The maximum Gasteiger partial charge on any atom is 0.256 e. The van der Waals surface area contributed by atoms with E-state index in [9.17, 15) is 18.7 Å². The molecule has 0 bridgehead atoms. The highest BCUT2D eigenvalue weighted by molar-refractivity contribution is 5.94. The summed E-state index contributed by atoms with van der Waals surface area (Å²) >= 11 is 0. The fourth-order valence-corrected chi connectivity index (χ4v) is 2.58. The lowest BCUT2D eigenvalue weighted by Gasteiger charge is -2.33. The number of aliphatic hydroxyl groups is 1. The van der Waals surface area contributed by atoms with Gasteiger partial charge in [-0.15, -0.1) is 0 Å². The highest BCUT2D eigenvalue weighted by Gasteiger charge is 2.27. The van der Waals surface area contributed by atoms with Crippen molar-refractivity contribution in [1.82, 2.24) is 4.90 Å². The van der Waals surface area contributed by atoms with Crippen LogP contribution in [-0.2, 0) is 0 Å². The van der Waals surface area contributed by atoms with E-state index >= 15 is 0 Å². The number of aryl methyl sites for hydroxylation is 1. The average molecular weight is 283 g/mol. The minimum atomic E-state index is -0.823. The maximum absolute atomic E-state index is 13.7. The van der Waals surface area contributed by atoms with Crippen molar-refractivity contribution >= 4 is 5.91 Å². The molecule has 2 rings (SSSR count). The van der Waals surface area contributed by atoms with E-state index < -0.39 is 23.6 Å². The van der Waals surface area contributed by atoms with Crippen LogP contribution in [0.1, 0.15) is 35.7 Å². The Bertz CT molecular complexity index is 509. The van der Waals surface area contributed by atoms with Crippen LogP contribution in [0.4, 0.5) is 8.78 Å². The Kier molecular flexibility index (Phi) is 4.38. The van der Waals surface area contributed by atoms with Gasteiger partial charge in [-0.05, 0) is 44.2 Å². The molecular formula is C15H19F2NO2. The van der Waals surface area contributed by atoms with Gasteiger partial charge in [-0.3, -0.25) is 4.79 Å². The molecule has 1 fully saturated rings. The zero-order valence-corrected chi connectivity index (χ0v) is 11.7. The van der Waals surface area contributed by atoms with Crippen LogP contribution in [0.2, 0.25) is 0 Å². The molecular weight excluding hydrogens is 264 g/mol. The number of likely N-dealkylation sites (tertiary alicyclic amines) is 1. The first-order valence-corrected chi connectivity index (χ1v) is 6.83. The first kappa shape index (κ1) is 14.9. The van der Waals surface area contributed by atoms with Crippen molar-refractivity contribution in [2.45, 2.75) is 32.8 Å². The zero-order chi connectivity index (χ0) is 14.9. The normalized spacial score (nSPS) is 18.1. The molecule has 1 saturated heterocycles. The van der Waals surface area contributed by atoms with E-state index in [1.54, 1.807) is 11.8 Å². The molecule has 0 spiro atoms. The number of nitrogens with zero attached hydrogens (tertiary/aromatic N) is 1. The lowest BCUT2D eigenvalue weighted by atomic mass is 9.92. The lowest BCUT2D eigenvalue weighted by molar-refractivity contribution is 0.0518. The number of rotatable bonds is 2. The van der Waals surface area contributed by atoms with E-state index in [-0.39, 0.29) is 17.0 Å². The molecule has 1 aromatic carbocycles. The van der Waals surface area contributed by atoms with Gasteiger partial charge in [-0.1, -0.05) is 0 Å². The summed E-state index contributed by atoms with van der Waals surface area (Å²) in [5.41, 5.74) is 0.174. The van der Waals surface area contributed by atoms with Gasteiger partial charge in [-0.2, -0.15) is 0 Å². The second-order valence-electron chi connectivity index (χ2n) is 5.45. The molecule has 3 nitrogen and oxygen atoms in total. The third-order valence-electron chi connectivity index (χ3n) is 3.99.